The number of rotatable bonds is 8. The van der Waals surface area contributed by atoms with Gasteiger partial charge in [0, 0.05) is 11.8 Å². The molecule has 6 heteroatoms. The third-order valence-electron chi connectivity index (χ3n) is 3.79. The Hall–Kier alpha value is -1.01. The number of nitrogens with one attached hydrogen (secondary N) is 1. The molecule has 0 aliphatic heterocycles. The summed E-state index contributed by atoms with van der Waals surface area (Å²) in [7, 11) is 1.45. The molecule has 1 N–H and O–H groups in total. The van der Waals surface area contributed by atoms with Gasteiger partial charge in [-0.3, -0.25) is 10.1 Å². The van der Waals surface area contributed by atoms with Crippen LogP contribution in [0.3, 0.4) is 0 Å². The largest absolute Gasteiger partial charge is 0.468 e. The summed E-state index contributed by atoms with van der Waals surface area (Å²) < 4.78 is 10.5. The average molecular weight is 312 g/mol. The summed E-state index contributed by atoms with van der Waals surface area (Å²) in [6, 6.07) is 0.471. The molecular weight excluding hydrogens is 288 g/mol. The van der Waals surface area contributed by atoms with E-state index in [1.54, 1.807) is 11.8 Å². The van der Waals surface area contributed by atoms with Gasteiger partial charge in [0.2, 0.25) is 0 Å². The molecule has 1 aromatic rings. The molecule has 5 nitrogen and oxygen atoms in total. The Kier molecular flexibility index (Phi) is 5.32. The van der Waals surface area contributed by atoms with Gasteiger partial charge in [0.05, 0.1) is 12.8 Å². The van der Waals surface area contributed by atoms with Gasteiger partial charge in [0.25, 0.3) is 5.22 Å². The number of thioether (sulfide) groups is 1. The van der Waals surface area contributed by atoms with Crippen molar-refractivity contribution in [2.75, 3.05) is 12.9 Å². The van der Waals surface area contributed by atoms with Crippen molar-refractivity contribution >= 4 is 17.7 Å². The molecule has 1 aromatic heterocycles. The number of nitrogens with zero attached hydrogens (tertiary/aromatic N) is 1. The molecule has 1 saturated carbocycles. The zero-order chi connectivity index (χ0) is 15.5. The van der Waals surface area contributed by atoms with Crippen molar-refractivity contribution in [2.45, 2.75) is 63.3 Å². The van der Waals surface area contributed by atoms with Gasteiger partial charge in [-0.05, 0) is 46.5 Å². The number of aryl methyl sites for hydroxylation is 2. The maximum absolute atomic E-state index is 12.0. The lowest BCUT2D eigenvalue weighted by Gasteiger charge is -2.28. The lowest BCUT2D eigenvalue weighted by Crippen LogP contribution is -2.51. The van der Waals surface area contributed by atoms with Crippen LogP contribution < -0.4 is 5.32 Å². The molecule has 0 saturated heterocycles. The first kappa shape index (κ1) is 16.4. The highest BCUT2D eigenvalue weighted by molar-refractivity contribution is 7.99. The lowest BCUT2D eigenvalue weighted by molar-refractivity contribution is -0.148. The van der Waals surface area contributed by atoms with Crippen molar-refractivity contribution in [1.82, 2.24) is 10.3 Å². The monoisotopic (exact) mass is 312 g/mol. The van der Waals surface area contributed by atoms with Crippen LogP contribution in [0.2, 0.25) is 0 Å². The molecule has 21 heavy (non-hydrogen) atoms. The molecule has 0 spiro atoms. The first-order valence-electron chi connectivity index (χ1n) is 7.37. The molecule has 0 radical (unpaired) electrons. The van der Waals surface area contributed by atoms with E-state index in [-0.39, 0.29) is 5.97 Å². The minimum absolute atomic E-state index is 0.179. The minimum Gasteiger partial charge on any atom is -0.468 e. The third kappa shape index (κ3) is 4.48. The standard InChI is InChI=1S/C15H24N2O3S/c1-10-11(2)20-14(16-10)21-9-5-8-15(3,13(18)19-4)17-12-6-7-12/h12,17H,5-9H2,1-4H3. The van der Waals surface area contributed by atoms with Gasteiger partial charge < -0.3 is 9.15 Å². The van der Waals surface area contributed by atoms with Crippen molar-refractivity contribution in [3.63, 3.8) is 0 Å². The molecule has 1 fully saturated rings. The van der Waals surface area contributed by atoms with Gasteiger partial charge in [0.1, 0.15) is 11.3 Å². The number of carbonyl (C=O) groups excluding carboxylic acids is 1. The summed E-state index contributed by atoms with van der Waals surface area (Å²) in [5, 5.41) is 4.12. The summed E-state index contributed by atoms with van der Waals surface area (Å²) in [5.74, 6) is 1.56. The second-order valence-electron chi connectivity index (χ2n) is 5.82. The number of carbonyl (C=O) groups is 1. The Labute approximate surface area is 130 Å². The van der Waals surface area contributed by atoms with E-state index >= 15 is 0 Å². The van der Waals surface area contributed by atoms with Crippen molar-refractivity contribution in [3.8, 4) is 0 Å². The molecule has 118 valence electrons. The SMILES string of the molecule is COC(=O)C(C)(CCCSc1nc(C)c(C)o1)NC1CC1. The van der Waals surface area contributed by atoms with Crippen LogP contribution in [0.4, 0.5) is 0 Å². The summed E-state index contributed by atoms with van der Waals surface area (Å²) in [6.07, 6.45) is 3.95. The number of ether oxygens (including phenoxy) is 1. The zero-order valence-electron chi connectivity index (χ0n) is 13.2. The zero-order valence-corrected chi connectivity index (χ0v) is 14.0. The van der Waals surface area contributed by atoms with Gasteiger partial charge in [-0.15, -0.1) is 0 Å². The highest BCUT2D eigenvalue weighted by Crippen LogP contribution is 2.27. The number of hydrogen-bond acceptors (Lipinski definition) is 6. The van der Waals surface area contributed by atoms with Crippen LogP contribution in [0, 0.1) is 13.8 Å². The first-order valence-corrected chi connectivity index (χ1v) is 8.36. The number of hydrogen-bond donors (Lipinski definition) is 1. The van der Waals surface area contributed by atoms with Crippen molar-refractivity contribution in [2.24, 2.45) is 0 Å². The summed E-state index contributed by atoms with van der Waals surface area (Å²) in [4.78, 5) is 16.3. The van der Waals surface area contributed by atoms with E-state index in [9.17, 15) is 4.79 Å². The Balaban J connectivity index is 1.79. The van der Waals surface area contributed by atoms with Crippen LogP contribution in [0.5, 0.6) is 0 Å². The second kappa shape index (κ2) is 6.83. The number of methoxy groups -OCH3 is 1. The molecular formula is C15H24N2O3S. The second-order valence-corrected chi connectivity index (χ2v) is 6.86. The van der Waals surface area contributed by atoms with Crippen molar-refractivity contribution < 1.29 is 13.9 Å². The number of oxazole rings is 1. The number of aromatic nitrogens is 1. The van der Waals surface area contributed by atoms with Gasteiger partial charge in [-0.1, -0.05) is 11.8 Å². The molecule has 0 amide bonds. The van der Waals surface area contributed by atoms with Crippen LogP contribution in [0.25, 0.3) is 0 Å². The minimum atomic E-state index is -0.584. The van der Waals surface area contributed by atoms with E-state index in [0.29, 0.717) is 11.3 Å². The van der Waals surface area contributed by atoms with E-state index < -0.39 is 5.54 Å². The molecule has 2 rings (SSSR count). The van der Waals surface area contributed by atoms with E-state index in [2.05, 4.69) is 10.3 Å². The van der Waals surface area contributed by atoms with Gasteiger partial charge in [-0.2, -0.15) is 0 Å². The van der Waals surface area contributed by atoms with E-state index in [1.807, 2.05) is 20.8 Å². The van der Waals surface area contributed by atoms with E-state index in [0.717, 1.165) is 42.9 Å². The fourth-order valence-electron chi connectivity index (χ4n) is 2.23. The first-order chi connectivity index (χ1) is 9.94. The number of esters is 1. The average Bonchev–Trinajstić information content (AvgIpc) is 3.19. The van der Waals surface area contributed by atoms with E-state index in [1.165, 1.54) is 7.11 Å². The predicted octanol–water partition coefficient (Wildman–Crippen LogP) is 2.85. The topological polar surface area (TPSA) is 64.4 Å². The summed E-state index contributed by atoms with van der Waals surface area (Å²) >= 11 is 1.59. The Bertz CT molecular complexity index is 480. The highest BCUT2D eigenvalue weighted by atomic mass is 32.2. The Morgan fingerprint density at radius 2 is 2.24 bits per heavy atom. The Morgan fingerprint density at radius 1 is 1.52 bits per heavy atom. The fraction of sp³-hybridized carbons (Fsp3) is 0.733. The Morgan fingerprint density at radius 3 is 2.76 bits per heavy atom. The molecule has 1 heterocycles. The molecule has 1 unspecified atom stereocenters. The molecule has 0 bridgehead atoms. The smallest absolute Gasteiger partial charge is 0.325 e. The van der Waals surface area contributed by atoms with Crippen LogP contribution in [0.1, 0.15) is 44.1 Å². The van der Waals surface area contributed by atoms with Crippen molar-refractivity contribution in [1.29, 1.82) is 0 Å². The third-order valence-corrected chi connectivity index (χ3v) is 4.71. The fourth-order valence-corrected chi connectivity index (χ4v) is 3.08. The predicted molar refractivity (Wildman–Crippen MR) is 82.5 cm³/mol. The quantitative estimate of drug-likeness (QED) is 0.452. The summed E-state index contributed by atoms with van der Waals surface area (Å²) in [5.41, 5.74) is 0.353. The molecule has 1 aliphatic carbocycles. The van der Waals surface area contributed by atoms with Gasteiger partial charge in [-0.25, -0.2) is 4.98 Å². The molecule has 0 aromatic carbocycles. The lowest BCUT2D eigenvalue weighted by atomic mass is 9.96. The summed E-state index contributed by atoms with van der Waals surface area (Å²) in [6.45, 7) is 5.79. The molecule has 1 aliphatic rings. The maximum atomic E-state index is 12.0. The maximum Gasteiger partial charge on any atom is 0.325 e. The molecule has 1 atom stereocenters. The normalized spacial score (nSPS) is 17.5. The van der Waals surface area contributed by atoms with E-state index in [4.69, 9.17) is 9.15 Å². The van der Waals surface area contributed by atoms with Crippen LogP contribution >= 0.6 is 11.8 Å². The van der Waals surface area contributed by atoms with Gasteiger partial charge >= 0.3 is 5.97 Å². The van der Waals surface area contributed by atoms with Gasteiger partial charge in [0.15, 0.2) is 0 Å². The van der Waals surface area contributed by atoms with Crippen LogP contribution in [-0.4, -0.2) is 35.4 Å². The van der Waals surface area contributed by atoms with Crippen LogP contribution in [-0.2, 0) is 9.53 Å². The van der Waals surface area contributed by atoms with Crippen LogP contribution in [0.15, 0.2) is 9.64 Å². The van der Waals surface area contributed by atoms with Crippen molar-refractivity contribution in [3.05, 3.63) is 11.5 Å². The highest BCUT2D eigenvalue weighted by Gasteiger charge is 2.38.